The van der Waals surface area contributed by atoms with Crippen molar-refractivity contribution in [1.82, 2.24) is 0 Å². The van der Waals surface area contributed by atoms with E-state index in [-0.39, 0.29) is 6.42 Å². The summed E-state index contributed by atoms with van der Waals surface area (Å²) in [5, 5.41) is 19.4. The lowest BCUT2D eigenvalue weighted by atomic mass is 9.74. The van der Waals surface area contributed by atoms with Gasteiger partial charge < -0.3 is 10.2 Å². The fourth-order valence-corrected chi connectivity index (χ4v) is 7.36. The molecular formula is C43H84O4. The lowest BCUT2D eigenvalue weighted by Crippen LogP contribution is -2.31. The number of hydrogen-bond acceptors (Lipinski definition) is 2. The molecule has 0 fully saturated rings. The van der Waals surface area contributed by atoms with Gasteiger partial charge in [-0.3, -0.25) is 9.59 Å². The molecule has 0 saturated carbocycles. The van der Waals surface area contributed by atoms with Gasteiger partial charge in [0.05, 0.1) is 5.41 Å². The van der Waals surface area contributed by atoms with Crippen LogP contribution in [0.15, 0.2) is 0 Å². The van der Waals surface area contributed by atoms with Gasteiger partial charge in [-0.2, -0.15) is 0 Å². The van der Waals surface area contributed by atoms with Gasteiger partial charge in [0.2, 0.25) is 0 Å². The summed E-state index contributed by atoms with van der Waals surface area (Å²) in [6.45, 7) is 9.28. The monoisotopic (exact) mass is 665 g/mol. The molecule has 0 aliphatic heterocycles. The fourth-order valence-electron chi connectivity index (χ4n) is 7.36. The topological polar surface area (TPSA) is 74.6 Å². The van der Waals surface area contributed by atoms with Crippen molar-refractivity contribution in [3.05, 3.63) is 0 Å². The molecule has 0 aromatic heterocycles. The van der Waals surface area contributed by atoms with E-state index in [9.17, 15) is 14.7 Å². The second-order valence-corrected chi connectivity index (χ2v) is 16.2. The largest absolute Gasteiger partial charge is 0.481 e. The fraction of sp³-hybridized carbons (Fsp3) is 0.953. The molecule has 4 nitrogen and oxygen atoms in total. The van der Waals surface area contributed by atoms with Crippen LogP contribution in [0.1, 0.15) is 246 Å². The standard InChI is InChI=1S/C43H84O4/c1-39(2)33-27-21-17-13-9-5-7-11-15-19-24-30-36-43(42(46)47,38-32-26-23-29-35-41(44)45)37-31-25-20-16-12-8-6-10-14-18-22-28-34-40(3)4/h39-40H,5-38H2,1-4H3,(H,44,45)(H,46,47). The van der Waals surface area contributed by atoms with Crippen LogP contribution in [0.2, 0.25) is 0 Å². The highest BCUT2D eigenvalue weighted by Crippen LogP contribution is 2.38. The Hall–Kier alpha value is -1.06. The maximum atomic E-state index is 12.7. The maximum Gasteiger partial charge on any atom is 0.309 e. The van der Waals surface area contributed by atoms with Crippen LogP contribution in [0.25, 0.3) is 0 Å². The summed E-state index contributed by atoms with van der Waals surface area (Å²) in [5.74, 6) is 0.369. The van der Waals surface area contributed by atoms with Crippen LogP contribution in [0, 0.1) is 17.3 Å². The van der Waals surface area contributed by atoms with Gasteiger partial charge in [-0.15, -0.1) is 0 Å². The number of hydrogen-bond donors (Lipinski definition) is 2. The summed E-state index contributed by atoms with van der Waals surface area (Å²) in [5.41, 5.74) is -0.586. The molecule has 280 valence electrons. The molecule has 47 heavy (non-hydrogen) atoms. The van der Waals surface area contributed by atoms with E-state index in [2.05, 4.69) is 27.7 Å². The Bertz CT molecular complexity index is 649. The third kappa shape index (κ3) is 31.9. The molecule has 0 aliphatic rings. The number of unbranched alkanes of at least 4 members (excludes halogenated alkanes) is 25. The molecule has 0 rings (SSSR count). The first-order chi connectivity index (χ1) is 22.7. The van der Waals surface area contributed by atoms with E-state index in [1.54, 1.807) is 0 Å². The minimum Gasteiger partial charge on any atom is -0.481 e. The number of aliphatic carboxylic acids is 2. The van der Waals surface area contributed by atoms with Crippen molar-refractivity contribution in [2.45, 2.75) is 246 Å². The molecule has 0 radical (unpaired) electrons. The zero-order chi connectivity index (χ0) is 34.9. The Morgan fingerprint density at radius 1 is 0.383 bits per heavy atom. The first-order valence-corrected chi connectivity index (χ1v) is 21.1. The van der Waals surface area contributed by atoms with Gasteiger partial charge in [0.25, 0.3) is 0 Å². The van der Waals surface area contributed by atoms with Crippen molar-refractivity contribution in [3.8, 4) is 0 Å². The summed E-state index contributed by atoms with van der Waals surface area (Å²) in [4.78, 5) is 23.6. The summed E-state index contributed by atoms with van der Waals surface area (Å²) in [6, 6.07) is 0. The van der Waals surface area contributed by atoms with Crippen LogP contribution in [0.3, 0.4) is 0 Å². The summed E-state index contributed by atoms with van der Waals surface area (Å²) in [6.07, 6.45) is 40.3. The van der Waals surface area contributed by atoms with Crippen LogP contribution >= 0.6 is 0 Å². The van der Waals surface area contributed by atoms with E-state index in [0.717, 1.165) is 76.0 Å². The zero-order valence-corrected chi connectivity index (χ0v) is 32.4. The molecule has 4 heteroatoms. The van der Waals surface area contributed by atoms with Crippen LogP contribution < -0.4 is 0 Å². The molecule has 0 aliphatic carbocycles. The molecule has 0 bridgehead atoms. The van der Waals surface area contributed by atoms with Gasteiger partial charge in [-0.05, 0) is 37.5 Å². The van der Waals surface area contributed by atoms with Crippen molar-refractivity contribution < 1.29 is 19.8 Å². The molecule has 0 amide bonds. The van der Waals surface area contributed by atoms with E-state index < -0.39 is 17.4 Å². The van der Waals surface area contributed by atoms with Gasteiger partial charge in [0.1, 0.15) is 0 Å². The number of rotatable bonds is 38. The quantitative estimate of drug-likeness (QED) is 0.0644. The Morgan fingerprint density at radius 3 is 0.851 bits per heavy atom. The highest BCUT2D eigenvalue weighted by molar-refractivity contribution is 5.74. The summed E-state index contributed by atoms with van der Waals surface area (Å²) < 4.78 is 0. The van der Waals surface area contributed by atoms with Crippen molar-refractivity contribution >= 4 is 11.9 Å². The average Bonchev–Trinajstić information content (AvgIpc) is 3.02. The Kier molecular flexibility index (Phi) is 32.7. The molecule has 0 saturated heterocycles. The van der Waals surface area contributed by atoms with Crippen LogP contribution in [-0.2, 0) is 9.59 Å². The van der Waals surface area contributed by atoms with Gasteiger partial charge in [0.15, 0.2) is 0 Å². The second-order valence-electron chi connectivity index (χ2n) is 16.2. The molecule has 0 aromatic rings. The van der Waals surface area contributed by atoms with Crippen LogP contribution in [0.5, 0.6) is 0 Å². The van der Waals surface area contributed by atoms with E-state index in [0.29, 0.717) is 6.42 Å². The van der Waals surface area contributed by atoms with E-state index in [4.69, 9.17) is 5.11 Å². The van der Waals surface area contributed by atoms with Crippen molar-refractivity contribution in [1.29, 1.82) is 0 Å². The molecule has 0 heterocycles. The number of carbonyl (C=O) groups is 2. The van der Waals surface area contributed by atoms with E-state index in [1.807, 2.05) is 0 Å². The van der Waals surface area contributed by atoms with Gasteiger partial charge in [-0.1, -0.05) is 214 Å². The van der Waals surface area contributed by atoms with E-state index >= 15 is 0 Å². The number of carboxylic acids is 2. The molecule has 2 N–H and O–H groups in total. The highest BCUT2D eigenvalue weighted by Gasteiger charge is 2.36. The second kappa shape index (κ2) is 33.4. The number of carboxylic acid groups (broad SMARTS) is 2. The minimum absolute atomic E-state index is 0.223. The van der Waals surface area contributed by atoms with Crippen molar-refractivity contribution in [3.63, 3.8) is 0 Å². The predicted octanol–water partition coefficient (Wildman–Crippen LogP) is 14.7. The average molecular weight is 665 g/mol. The Labute approximate surface area is 294 Å². The molecule has 0 atom stereocenters. The molecule has 0 unspecified atom stereocenters. The lowest BCUT2D eigenvalue weighted by Gasteiger charge is -2.30. The normalized spacial score (nSPS) is 12.0. The lowest BCUT2D eigenvalue weighted by molar-refractivity contribution is -0.150. The Balaban J connectivity index is 4.25. The summed E-state index contributed by atoms with van der Waals surface area (Å²) >= 11 is 0. The van der Waals surface area contributed by atoms with Crippen LogP contribution in [-0.4, -0.2) is 22.2 Å². The van der Waals surface area contributed by atoms with Crippen LogP contribution in [0.4, 0.5) is 0 Å². The van der Waals surface area contributed by atoms with Gasteiger partial charge >= 0.3 is 11.9 Å². The van der Waals surface area contributed by atoms with Gasteiger partial charge in [-0.25, -0.2) is 0 Å². The Morgan fingerprint density at radius 2 is 0.617 bits per heavy atom. The van der Waals surface area contributed by atoms with Crippen molar-refractivity contribution in [2.75, 3.05) is 0 Å². The summed E-state index contributed by atoms with van der Waals surface area (Å²) in [7, 11) is 0. The predicted molar refractivity (Wildman–Crippen MR) is 204 cm³/mol. The smallest absolute Gasteiger partial charge is 0.309 e. The highest BCUT2D eigenvalue weighted by atomic mass is 16.4. The van der Waals surface area contributed by atoms with Gasteiger partial charge in [0, 0.05) is 6.42 Å². The molecule has 0 spiro atoms. The third-order valence-electron chi connectivity index (χ3n) is 10.6. The zero-order valence-electron chi connectivity index (χ0n) is 32.4. The SMILES string of the molecule is CC(C)CCCCCCCCCCCCCCC(CCCCCCCCCCCCCCC(C)C)(CCCCCCC(=O)O)C(=O)O. The van der Waals surface area contributed by atoms with E-state index in [1.165, 1.54) is 141 Å². The first-order valence-electron chi connectivity index (χ1n) is 21.1. The van der Waals surface area contributed by atoms with Crippen molar-refractivity contribution in [2.24, 2.45) is 17.3 Å². The molecular weight excluding hydrogens is 580 g/mol. The maximum absolute atomic E-state index is 12.7. The minimum atomic E-state index is -0.732. The molecule has 0 aromatic carbocycles. The third-order valence-corrected chi connectivity index (χ3v) is 10.6. The first kappa shape index (κ1) is 45.9.